The largest absolute Gasteiger partial charge is 0.384 e. The molecule has 1 aliphatic heterocycles. The molecule has 0 bridgehead atoms. The van der Waals surface area contributed by atoms with Crippen LogP contribution in [-0.4, -0.2) is 55.6 Å². The minimum absolute atomic E-state index is 0.203. The molecule has 0 radical (unpaired) electrons. The highest BCUT2D eigenvalue weighted by atomic mass is 19.1. The number of benzene rings is 2. The van der Waals surface area contributed by atoms with Crippen molar-refractivity contribution in [1.82, 2.24) is 9.80 Å². The number of halogens is 1. The normalized spacial score (nSPS) is 17.3. The number of hydrogen-bond acceptors (Lipinski definition) is 4. The maximum Gasteiger partial charge on any atom is 0.123 e. The summed E-state index contributed by atoms with van der Waals surface area (Å²) < 4.78 is 13.0. The lowest BCUT2D eigenvalue weighted by Crippen LogP contribution is -2.48. The van der Waals surface area contributed by atoms with Gasteiger partial charge in [0.05, 0.1) is 11.5 Å². The molecule has 3 rings (SSSR count). The maximum atomic E-state index is 13.0. The maximum absolute atomic E-state index is 13.0. The fourth-order valence-corrected chi connectivity index (χ4v) is 4.50. The summed E-state index contributed by atoms with van der Waals surface area (Å²) in [6.45, 7) is 11.5. The first-order chi connectivity index (χ1) is 15.0. The Morgan fingerprint density at radius 2 is 1.58 bits per heavy atom. The highest BCUT2D eigenvalue weighted by Crippen LogP contribution is 2.36. The molecule has 1 aliphatic rings. The van der Waals surface area contributed by atoms with Crippen LogP contribution in [0.25, 0.3) is 0 Å². The van der Waals surface area contributed by atoms with E-state index in [0.717, 1.165) is 69.9 Å². The predicted molar refractivity (Wildman–Crippen MR) is 126 cm³/mol. The van der Waals surface area contributed by atoms with E-state index in [1.807, 2.05) is 18.2 Å². The molecule has 1 atom stereocenters. The number of anilines is 1. The SMILES string of the molecule is CC(C)C(C#N)(CCCN1CCN(CCNc2ccc(F)cc2)CC1)c1ccccc1. The first-order valence-electron chi connectivity index (χ1n) is 11.4. The second kappa shape index (κ2) is 11.3. The molecule has 4 nitrogen and oxygen atoms in total. The number of nitrogens with one attached hydrogen (secondary N) is 1. The van der Waals surface area contributed by atoms with Gasteiger partial charge in [0.15, 0.2) is 0 Å². The van der Waals surface area contributed by atoms with Crippen molar-refractivity contribution in [2.24, 2.45) is 5.92 Å². The van der Waals surface area contributed by atoms with Gasteiger partial charge in [-0.3, -0.25) is 4.90 Å². The van der Waals surface area contributed by atoms with Crippen LogP contribution in [0.3, 0.4) is 0 Å². The Kier molecular flexibility index (Phi) is 8.45. The van der Waals surface area contributed by atoms with Crippen molar-refractivity contribution in [3.05, 3.63) is 66.0 Å². The van der Waals surface area contributed by atoms with Crippen LogP contribution in [0.4, 0.5) is 10.1 Å². The molecule has 1 unspecified atom stereocenters. The average molecular weight is 423 g/mol. The quantitative estimate of drug-likeness (QED) is 0.600. The fraction of sp³-hybridized carbons (Fsp3) is 0.500. The number of nitrogens with zero attached hydrogens (tertiary/aromatic N) is 3. The zero-order valence-corrected chi connectivity index (χ0v) is 18.9. The lowest BCUT2D eigenvalue weighted by Gasteiger charge is -2.36. The molecule has 0 aliphatic carbocycles. The number of rotatable bonds is 10. The van der Waals surface area contributed by atoms with Crippen LogP contribution in [0.2, 0.25) is 0 Å². The Labute approximate surface area is 186 Å². The van der Waals surface area contributed by atoms with Crippen molar-refractivity contribution >= 4 is 5.69 Å². The first kappa shape index (κ1) is 23.2. The van der Waals surface area contributed by atoms with Gasteiger partial charge in [-0.05, 0) is 55.1 Å². The summed E-state index contributed by atoms with van der Waals surface area (Å²) in [5, 5.41) is 13.4. The second-order valence-electron chi connectivity index (χ2n) is 8.82. The average Bonchev–Trinajstić information content (AvgIpc) is 2.79. The van der Waals surface area contributed by atoms with E-state index in [1.54, 1.807) is 12.1 Å². The molecule has 1 saturated heterocycles. The Hall–Kier alpha value is -2.42. The summed E-state index contributed by atoms with van der Waals surface area (Å²) in [5.41, 5.74) is 1.70. The van der Waals surface area contributed by atoms with Crippen molar-refractivity contribution in [1.29, 1.82) is 5.26 Å². The fourth-order valence-electron chi connectivity index (χ4n) is 4.50. The van der Waals surface area contributed by atoms with E-state index >= 15 is 0 Å². The monoisotopic (exact) mass is 422 g/mol. The van der Waals surface area contributed by atoms with E-state index in [9.17, 15) is 9.65 Å². The molecule has 0 spiro atoms. The summed E-state index contributed by atoms with van der Waals surface area (Å²) >= 11 is 0. The molecule has 1 fully saturated rings. The van der Waals surface area contributed by atoms with E-state index in [4.69, 9.17) is 0 Å². The topological polar surface area (TPSA) is 42.3 Å². The van der Waals surface area contributed by atoms with Gasteiger partial charge in [-0.1, -0.05) is 44.2 Å². The molecular formula is C26H35FN4. The number of nitriles is 1. The van der Waals surface area contributed by atoms with Gasteiger partial charge in [-0.25, -0.2) is 4.39 Å². The molecule has 5 heteroatoms. The van der Waals surface area contributed by atoms with Crippen LogP contribution in [0.1, 0.15) is 32.3 Å². The molecule has 2 aromatic rings. The van der Waals surface area contributed by atoms with E-state index in [-0.39, 0.29) is 11.7 Å². The molecule has 1 N–H and O–H groups in total. The van der Waals surface area contributed by atoms with Gasteiger partial charge >= 0.3 is 0 Å². The Morgan fingerprint density at radius 1 is 0.968 bits per heavy atom. The summed E-state index contributed by atoms with van der Waals surface area (Å²) in [7, 11) is 0. The molecule has 0 aromatic heterocycles. The standard InChI is InChI=1S/C26H35FN4/c1-22(2)26(21-28,23-7-4-3-5-8-23)13-6-15-30-17-19-31(20-18-30)16-14-29-25-11-9-24(27)10-12-25/h3-5,7-12,22,29H,6,13-20H2,1-2H3. The van der Waals surface area contributed by atoms with Crippen LogP contribution < -0.4 is 5.32 Å². The molecular weight excluding hydrogens is 387 g/mol. The Morgan fingerprint density at radius 3 is 2.16 bits per heavy atom. The van der Waals surface area contributed by atoms with Crippen molar-refractivity contribution < 1.29 is 4.39 Å². The van der Waals surface area contributed by atoms with Crippen molar-refractivity contribution in [3.8, 4) is 6.07 Å². The summed E-state index contributed by atoms with van der Waals surface area (Å²) in [4.78, 5) is 5.00. The minimum atomic E-state index is -0.408. The second-order valence-corrected chi connectivity index (χ2v) is 8.82. The van der Waals surface area contributed by atoms with E-state index in [1.165, 1.54) is 12.1 Å². The molecule has 1 heterocycles. The van der Waals surface area contributed by atoms with Crippen LogP contribution in [0.15, 0.2) is 54.6 Å². The predicted octanol–water partition coefficient (Wildman–Crippen LogP) is 4.75. The van der Waals surface area contributed by atoms with E-state index in [0.29, 0.717) is 0 Å². The van der Waals surface area contributed by atoms with E-state index in [2.05, 4.69) is 47.2 Å². The minimum Gasteiger partial charge on any atom is -0.384 e. The van der Waals surface area contributed by atoms with Crippen LogP contribution in [-0.2, 0) is 5.41 Å². The van der Waals surface area contributed by atoms with Gasteiger partial charge in [0, 0.05) is 45.0 Å². The van der Waals surface area contributed by atoms with Gasteiger partial charge in [-0.15, -0.1) is 0 Å². The zero-order valence-electron chi connectivity index (χ0n) is 18.9. The third kappa shape index (κ3) is 6.29. The van der Waals surface area contributed by atoms with Gasteiger partial charge in [0.1, 0.15) is 5.82 Å². The van der Waals surface area contributed by atoms with Gasteiger partial charge in [0.25, 0.3) is 0 Å². The van der Waals surface area contributed by atoms with Crippen LogP contribution in [0, 0.1) is 23.1 Å². The summed E-state index contributed by atoms with van der Waals surface area (Å²) in [6, 6.07) is 19.5. The zero-order chi connectivity index (χ0) is 22.1. The van der Waals surface area contributed by atoms with Gasteiger partial charge in [-0.2, -0.15) is 5.26 Å². The first-order valence-corrected chi connectivity index (χ1v) is 11.4. The lowest BCUT2D eigenvalue weighted by atomic mass is 9.70. The third-order valence-electron chi connectivity index (χ3n) is 6.59. The molecule has 166 valence electrons. The van der Waals surface area contributed by atoms with Gasteiger partial charge in [0.2, 0.25) is 0 Å². The number of hydrogen-bond donors (Lipinski definition) is 1. The molecule has 0 saturated carbocycles. The number of piperazine rings is 1. The van der Waals surface area contributed by atoms with Crippen molar-refractivity contribution in [2.45, 2.75) is 32.1 Å². The third-order valence-corrected chi connectivity index (χ3v) is 6.59. The van der Waals surface area contributed by atoms with Crippen LogP contribution in [0.5, 0.6) is 0 Å². The smallest absolute Gasteiger partial charge is 0.123 e. The van der Waals surface area contributed by atoms with Crippen molar-refractivity contribution in [3.63, 3.8) is 0 Å². The summed E-state index contributed by atoms with van der Waals surface area (Å²) in [6.07, 6.45) is 1.93. The lowest BCUT2D eigenvalue weighted by molar-refractivity contribution is 0.132. The molecule has 2 aromatic carbocycles. The molecule has 0 amide bonds. The Bertz CT molecular complexity index is 823. The Balaban J connectivity index is 1.39. The van der Waals surface area contributed by atoms with Crippen molar-refractivity contribution in [2.75, 3.05) is 51.1 Å². The van der Waals surface area contributed by atoms with E-state index < -0.39 is 5.41 Å². The highest BCUT2D eigenvalue weighted by Gasteiger charge is 2.35. The highest BCUT2D eigenvalue weighted by molar-refractivity contribution is 5.42. The van der Waals surface area contributed by atoms with Crippen LogP contribution >= 0.6 is 0 Å². The van der Waals surface area contributed by atoms with Gasteiger partial charge < -0.3 is 10.2 Å². The molecule has 31 heavy (non-hydrogen) atoms. The summed E-state index contributed by atoms with van der Waals surface area (Å²) in [5.74, 6) is 0.0798.